The minimum Gasteiger partial charge on any atom is -0.330 e. The number of carbonyl (C=O) groups is 1. The van der Waals surface area contributed by atoms with Crippen molar-refractivity contribution in [2.24, 2.45) is 5.73 Å². The summed E-state index contributed by atoms with van der Waals surface area (Å²) in [6.07, 6.45) is 9.14. The fourth-order valence-corrected chi connectivity index (χ4v) is 5.42. The van der Waals surface area contributed by atoms with E-state index in [0.717, 1.165) is 58.8 Å². The van der Waals surface area contributed by atoms with Crippen molar-refractivity contribution in [2.75, 3.05) is 11.9 Å². The fourth-order valence-electron chi connectivity index (χ4n) is 5.42. The molecule has 42 heavy (non-hydrogen) atoms. The molecule has 0 aliphatic carbocycles. The van der Waals surface area contributed by atoms with Gasteiger partial charge in [-0.25, -0.2) is 9.48 Å². The highest BCUT2D eigenvalue weighted by Crippen LogP contribution is 2.29. The number of nitrogens with one attached hydrogen (secondary N) is 1. The van der Waals surface area contributed by atoms with Crippen LogP contribution in [0.25, 0.3) is 33.3 Å². The van der Waals surface area contributed by atoms with Gasteiger partial charge in [-0.2, -0.15) is 5.10 Å². The predicted octanol–water partition coefficient (Wildman–Crippen LogP) is 5.59. The van der Waals surface area contributed by atoms with Gasteiger partial charge in [-0.3, -0.25) is 14.8 Å². The number of unbranched alkanes of at least 4 members (excludes halogenated alkanes) is 3. The molecule has 0 radical (unpaired) electrons. The monoisotopic (exact) mass is 559 g/mol. The first-order valence-corrected chi connectivity index (χ1v) is 14.4. The molecule has 3 N–H and O–H groups in total. The summed E-state index contributed by atoms with van der Waals surface area (Å²) in [6, 6.07) is 20.9. The van der Waals surface area contributed by atoms with Crippen LogP contribution in [0, 0.1) is 0 Å². The van der Waals surface area contributed by atoms with Crippen LogP contribution in [0.15, 0.2) is 90.1 Å². The van der Waals surface area contributed by atoms with Gasteiger partial charge < -0.3 is 16.0 Å². The van der Waals surface area contributed by atoms with Crippen molar-refractivity contribution in [3.8, 4) is 22.4 Å². The maximum atomic E-state index is 13.7. The predicted molar refractivity (Wildman–Crippen MR) is 165 cm³/mol. The summed E-state index contributed by atoms with van der Waals surface area (Å²) in [5.74, 6) is 0. The van der Waals surface area contributed by atoms with Crippen LogP contribution < -0.4 is 16.6 Å². The van der Waals surface area contributed by atoms with Crippen molar-refractivity contribution in [2.45, 2.75) is 45.3 Å². The minimum absolute atomic E-state index is 0.125. The van der Waals surface area contributed by atoms with Crippen molar-refractivity contribution in [3.63, 3.8) is 0 Å². The third-order valence-corrected chi connectivity index (χ3v) is 7.68. The van der Waals surface area contributed by atoms with E-state index in [2.05, 4.69) is 15.3 Å². The van der Waals surface area contributed by atoms with Crippen LogP contribution in [0.4, 0.5) is 10.5 Å². The lowest BCUT2D eigenvalue weighted by Crippen LogP contribution is -2.30. The van der Waals surface area contributed by atoms with Crippen LogP contribution in [0.5, 0.6) is 0 Å². The molecule has 3 aromatic heterocycles. The zero-order chi connectivity index (χ0) is 28.9. The first-order chi connectivity index (χ1) is 20.6. The van der Waals surface area contributed by atoms with Gasteiger partial charge in [0.05, 0.1) is 16.8 Å². The molecule has 2 amide bonds. The number of aryl methyl sites for hydroxylation is 1. The summed E-state index contributed by atoms with van der Waals surface area (Å²) in [5.41, 5.74) is 12.2. The highest BCUT2D eigenvalue weighted by Gasteiger charge is 2.23. The van der Waals surface area contributed by atoms with E-state index in [-0.39, 0.29) is 11.6 Å². The largest absolute Gasteiger partial charge is 0.330 e. The number of nitrogens with zero attached hydrogens (tertiary/aromatic N) is 5. The van der Waals surface area contributed by atoms with Gasteiger partial charge in [-0.15, -0.1) is 0 Å². The molecule has 212 valence electrons. The number of rotatable bonds is 9. The molecule has 2 aromatic carbocycles. The van der Waals surface area contributed by atoms with E-state index in [1.165, 1.54) is 0 Å². The summed E-state index contributed by atoms with van der Waals surface area (Å²) < 4.78 is 1.58. The number of hydrogen-bond donors (Lipinski definition) is 2. The third-order valence-electron chi connectivity index (χ3n) is 7.68. The Kier molecular flexibility index (Phi) is 8.00. The Morgan fingerprint density at radius 2 is 1.71 bits per heavy atom. The molecule has 0 saturated carbocycles. The van der Waals surface area contributed by atoms with Gasteiger partial charge in [0.2, 0.25) is 0 Å². The Morgan fingerprint density at radius 1 is 0.881 bits per heavy atom. The van der Waals surface area contributed by atoms with Crippen molar-refractivity contribution in [1.82, 2.24) is 24.6 Å². The highest BCUT2D eigenvalue weighted by molar-refractivity contribution is 5.95. The van der Waals surface area contributed by atoms with Crippen LogP contribution in [-0.4, -0.2) is 37.2 Å². The standard InChI is InChI=1S/C33H33N7O2/c34-15-3-1-2-4-18-40-32(41)29(27-7-5-9-30-28(27)8-6-16-36-30)19-31(38-40)23-10-12-26(13-11-23)37-33(42)39-21-24-14-17-35-20-25(24)22-39/h5-14,16-17,19-20H,1-4,15,18,21-22,34H2,(H,37,42). The Hall–Kier alpha value is -4.89. The molecule has 0 unspecified atom stereocenters. The lowest BCUT2D eigenvalue weighted by molar-refractivity contribution is 0.212. The Balaban J connectivity index is 1.28. The van der Waals surface area contributed by atoms with Crippen LogP contribution in [0.3, 0.4) is 0 Å². The topological polar surface area (TPSA) is 119 Å². The lowest BCUT2D eigenvalue weighted by Gasteiger charge is -2.16. The number of urea groups is 1. The van der Waals surface area contributed by atoms with Gasteiger partial charge in [-0.05, 0) is 72.5 Å². The van der Waals surface area contributed by atoms with Crippen LogP contribution >= 0.6 is 0 Å². The number of aromatic nitrogens is 4. The molecule has 6 rings (SSSR count). The molecular formula is C33H33N7O2. The van der Waals surface area contributed by atoms with Crippen molar-refractivity contribution in [1.29, 1.82) is 0 Å². The van der Waals surface area contributed by atoms with Gasteiger partial charge in [0.1, 0.15) is 0 Å². The summed E-state index contributed by atoms with van der Waals surface area (Å²) >= 11 is 0. The molecule has 0 atom stereocenters. The van der Waals surface area contributed by atoms with E-state index in [1.54, 1.807) is 22.0 Å². The summed E-state index contributed by atoms with van der Waals surface area (Å²) in [7, 11) is 0. The zero-order valence-electron chi connectivity index (χ0n) is 23.4. The molecule has 9 heteroatoms. The molecule has 4 heterocycles. The molecule has 0 spiro atoms. The molecule has 0 fully saturated rings. The van der Waals surface area contributed by atoms with E-state index >= 15 is 0 Å². The average molecular weight is 560 g/mol. The number of fused-ring (bicyclic) bond motifs is 2. The number of nitrogens with two attached hydrogens (primary N) is 1. The van der Waals surface area contributed by atoms with E-state index in [1.807, 2.05) is 72.9 Å². The van der Waals surface area contributed by atoms with Crippen molar-refractivity contribution in [3.05, 3.63) is 107 Å². The summed E-state index contributed by atoms with van der Waals surface area (Å²) in [6.45, 7) is 2.30. The minimum atomic E-state index is -0.160. The summed E-state index contributed by atoms with van der Waals surface area (Å²) in [5, 5.41) is 8.68. The zero-order valence-corrected chi connectivity index (χ0v) is 23.4. The second-order valence-corrected chi connectivity index (χ2v) is 10.6. The van der Waals surface area contributed by atoms with Crippen LogP contribution in [0.2, 0.25) is 0 Å². The maximum Gasteiger partial charge on any atom is 0.322 e. The van der Waals surface area contributed by atoms with Gasteiger partial charge in [0, 0.05) is 54.9 Å². The normalized spacial score (nSPS) is 12.5. The lowest BCUT2D eigenvalue weighted by atomic mass is 10.00. The van der Waals surface area contributed by atoms with E-state index < -0.39 is 0 Å². The SMILES string of the molecule is NCCCCCCn1nc(-c2ccc(NC(=O)N3Cc4ccncc4C3)cc2)cc(-c2cccc3ncccc23)c1=O. The smallest absolute Gasteiger partial charge is 0.322 e. The number of benzene rings is 2. The van der Waals surface area contributed by atoms with E-state index in [9.17, 15) is 9.59 Å². The fraction of sp³-hybridized carbons (Fsp3) is 0.242. The number of anilines is 1. The molecular weight excluding hydrogens is 526 g/mol. The third kappa shape index (κ3) is 5.77. The van der Waals surface area contributed by atoms with Crippen LogP contribution in [0.1, 0.15) is 36.8 Å². The Morgan fingerprint density at radius 3 is 2.55 bits per heavy atom. The molecule has 0 bridgehead atoms. The Labute approximate surface area is 244 Å². The first-order valence-electron chi connectivity index (χ1n) is 14.4. The van der Waals surface area contributed by atoms with Crippen molar-refractivity contribution >= 4 is 22.6 Å². The highest BCUT2D eigenvalue weighted by atomic mass is 16.2. The summed E-state index contributed by atoms with van der Waals surface area (Å²) in [4.78, 5) is 37.0. The average Bonchev–Trinajstić information content (AvgIpc) is 3.47. The van der Waals surface area contributed by atoms with E-state index in [0.29, 0.717) is 43.1 Å². The second kappa shape index (κ2) is 12.3. The second-order valence-electron chi connectivity index (χ2n) is 10.6. The number of amides is 2. The molecule has 0 saturated heterocycles. The van der Waals surface area contributed by atoms with E-state index in [4.69, 9.17) is 10.8 Å². The van der Waals surface area contributed by atoms with Crippen LogP contribution in [-0.2, 0) is 19.6 Å². The Bertz CT molecular complexity index is 1750. The number of carbonyl (C=O) groups excluding carboxylic acids is 1. The van der Waals surface area contributed by atoms with Gasteiger partial charge >= 0.3 is 6.03 Å². The first kappa shape index (κ1) is 27.3. The molecule has 1 aliphatic rings. The van der Waals surface area contributed by atoms with Crippen molar-refractivity contribution < 1.29 is 4.79 Å². The van der Waals surface area contributed by atoms with Gasteiger partial charge in [0.25, 0.3) is 5.56 Å². The van der Waals surface area contributed by atoms with Gasteiger partial charge in [-0.1, -0.05) is 43.2 Å². The number of hydrogen-bond acceptors (Lipinski definition) is 6. The quantitative estimate of drug-likeness (QED) is 0.227. The molecule has 9 nitrogen and oxygen atoms in total. The number of pyridine rings is 2. The molecule has 5 aromatic rings. The van der Waals surface area contributed by atoms with Gasteiger partial charge in [0.15, 0.2) is 0 Å². The maximum absolute atomic E-state index is 13.7. The molecule has 1 aliphatic heterocycles.